The van der Waals surface area contributed by atoms with Crippen LogP contribution < -0.4 is 5.56 Å². The van der Waals surface area contributed by atoms with Crippen molar-refractivity contribution < 1.29 is 0 Å². The number of nitriles is 1. The second-order valence-corrected chi connectivity index (χ2v) is 7.00. The first-order valence-corrected chi connectivity index (χ1v) is 9.25. The molecule has 0 aliphatic carbocycles. The number of thiophene rings is 1. The number of hydrogen-bond acceptors (Lipinski definition) is 4. The molecule has 0 radical (unpaired) electrons. The maximum Gasteiger partial charge on any atom is 0.276 e. The van der Waals surface area contributed by atoms with Gasteiger partial charge in [0.1, 0.15) is 0 Å². The average Bonchev–Trinajstić information content (AvgIpc) is 3.32. The number of nitrogens with zero attached hydrogens (tertiary/aromatic N) is 2. The van der Waals surface area contributed by atoms with Crippen molar-refractivity contribution in [2.45, 2.75) is 0 Å². The number of rotatable bonds is 2. The largest absolute Gasteiger partial charge is 0.353 e. The van der Waals surface area contributed by atoms with E-state index < -0.39 is 0 Å². The summed E-state index contributed by atoms with van der Waals surface area (Å²) < 4.78 is 0. The Labute approximate surface area is 157 Å². The van der Waals surface area contributed by atoms with Crippen molar-refractivity contribution in [1.29, 1.82) is 5.26 Å². The summed E-state index contributed by atoms with van der Waals surface area (Å²) in [6.07, 6.45) is 0. The van der Waals surface area contributed by atoms with Crippen molar-refractivity contribution in [3.05, 3.63) is 75.2 Å². The maximum atomic E-state index is 12.4. The van der Waals surface area contributed by atoms with Crippen LogP contribution in [0.4, 0.5) is 0 Å². The molecule has 0 fully saturated rings. The smallest absolute Gasteiger partial charge is 0.276 e. The number of fused-ring (bicyclic) bond motifs is 2. The third-order valence-corrected chi connectivity index (χ3v) is 5.29. The van der Waals surface area contributed by atoms with Crippen LogP contribution in [0.5, 0.6) is 0 Å². The van der Waals surface area contributed by atoms with E-state index >= 15 is 0 Å². The van der Waals surface area contributed by atoms with Crippen LogP contribution in [0.3, 0.4) is 0 Å². The predicted molar refractivity (Wildman–Crippen MR) is 108 cm³/mol. The van der Waals surface area contributed by atoms with Gasteiger partial charge in [0, 0.05) is 21.7 Å². The van der Waals surface area contributed by atoms with E-state index in [1.165, 1.54) is 11.3 Å². The molecule has 0 aliphatic rings. The molecule has 128 valence electrons. The number of nitrogens with one attached hydrogen (secondary N) is 2. The van der Waals surface area contributed by atoms with Crippen molar-refractivity contribution in [3.63, 3.8) is 0 Å². The number of aromatic amines is 2. The van der Waals surface area contributed by atoms with Gasteiger partial charge in [-0.2, -0.15) is 5.26 Å². The van der Waals surface area contributed by atoms with E-state index in [0.29, 0.717) is 17.0 Å². The Kier molecular flexibility index (Phi) is 3.42. The van der Waals surface area contributed by atoms with Gasteiger partial charge in [0.05, 0.1) is 28.4 Å². The Bertz CT molecular complexity index is 1400. The molecule has 3 aromatic heterocycles. The topological polar surface area (TPSA) is 85.3 Å². The highest BCUT2D eigenvalue weighted by atomic mass is 32.1. The van der Waals surface area contributed by atoms with Crippen molar-refractivity contribution >= 4 is 33.3 Å². The summed E-state index contributed by atoms with van der Waals surface area (Å²) in [7, 11) is 0. The molecule has 0 atom stereocenters. The summed E-state index contributed by atoms with van der Waals surface area (Å²) in [6.45, 7) is 0. The maximum absolute atomic E-state index is 12.4. The average molecular weight is 368 g/mol. The molecule has 6 heteroatoms. The van der Waals surface area contributed by atoms with E-state index in [9.17, 15) is 4.79 Å². The van der Waals surface area contributed by atoms with E-state index in [1.807, 2.05) is 53.2 Å². The van der Waals surface area contributed by atoms with Crippen LogP contribution in [0.15, 0.2) is 64.1 Å². The molecule has 3 heterocycles. The fourth-order valence-electron chi connectivity index (χ4n) is 3.18. The Morgan fingerprint density at radius 2 is 1.74 bits per heavy atom. The van der Waals surface area contributed by atoms with Gasteiger partial charge in [0.2, 0.25) is 0 Å². The summed E-state index contributed by atoms with van der Waals surface area (Å²) >= 11 is 1.51. The van der Waals surface area contributed by atoms with Gasteiger partial charge in [0.25, 0.3) is 5.56 Å². The SMILES string of the molecule is N#Cc1ccc(-c2ccc3[nH]c(-c4nc5cscc5[nH]c4=O)cc3c2)cc1. The molecule has 0 saturated carbocycles. The molecule has 0 spiro atoms. The molecule has 0 amide bonds. The van der Waals surface area contributed by atoms with Crippen LogP contribution in [0.1, 0.15) is 5.56 Å². The standard InChI is InChI=1S/C21H12N4OS/c22-9-12-1-3-13(4-2-12)14-5-6-16-15(7-14)8-17(23-16)20-21(26)25-19-11-27-10-18(19)24-20/h1-8,10-11,23H,(H,25,26). The van der Waals surface area contributed by atoms with Crippen LogP contribution in [-0.2, 0) is 0 Å². The first-order chi connectivity index (χ1) is 13.2. The molecule has 5 nitrogen and oxygen atoms in total. The van der Waals surface area contributed by atoms with Gasteiger partial charge in [-0.05, 0) is 41.5 Å². The summed E-state index contributed by atoms with van der Waals surface area (Å²) in [5.41, 5.74) is 6.07. The van der Waals surface area contributed by atoms with Crippen LogP contribution in [-0.4, -0.2) is 15.0 Å². The van der Waals surface area contributed by atoms with Gasteiger partial charge in [-0.3, -0.25) is 4.79 Å². The first-order valence-electron chi connectivity index (χ1n) is 8.31. The zero-order valence-corrected chi connectivity index (χ0v) is 14.8. The summed E-state index contributed by atoms with van der Waals surface area (Å²) in [6, 6.07) is 17.6. The van der Waals surface area contributed by atoms with Crippen molar-refractivity contribution in [1.82, 2.24) is 15.0 Å². The van der Waals surface area contributed by atoms with Crippen molar-refractivity contribution in [2.75, 3.05) is 0 Å². The van der Waals surface area contributed by atoms with Gasteiger partial charge in [-0.25, -0.2) is 4.98 Å². The molecule has 0 bridgehead atoms. The lowest BCUT2D eigenvalue weighted by Gasteiger charge is -2.01. The third-order valence-electron chi connectivity index (χ3n) is 4.56. The fraction of sp³-hybridized carbons (Fsp3) is 0. The molecule has 0 aliphatic heterocycles. The first kappa shape index (κ1) is 15.6. The van der Waals surface area contributed by atoms with E-state index in [-0.39, 0.29) is 5.56 Å². The minimum Gasteiger partial charge on any atom is -0.353 e. The normalized spacial score (nSPS) is 11.1. The van der Waals surface area contributed by atoms with Crippen LogP contribution >= 0.6 is 11.3 Å². The van der Waals surface area contributed by atoms with E-state index in [1.54, 1.807) is 0 Å². The van der Waals surface area contributed by atoms with E-state index in [4.69, 9.17) is 5.26 Å². The Morgan fingerprint density at radius 1 is 0.926 bits per heavy atom. The van der Waals surface area contributed by atoms with Gasteiger partial charge < -0.3 is 9.97 Å². The second-order valence-electron chi connectivity index (χ2n) is 6.26. The van der Waals surface area contributed by atoms with Crippen molar-refractivity contribution in [2.24, 2.45) is 0 Å². The van der Waals surface area contributed by atoms with Crippen LogP contribution in [0, 0.1) is 11.3 Å². The summed E-state index contributed by atoms with van der Waals surface area (Å²) in [5, 5.41) is 13.7. The molecule has 2 aromatic carbocycles. The van der Waals surface area contributed by atoms with Gasteiger partial charge in [-0.15, -0.1) is 11.3 Å². The third kappa shape index (κ3) is 2.62. The van der Waals surface area contributed by atoms with Crippen LogP contribution in [0.2, 0.25) is 0 Å². The zero-order chi connectivity index (χ0) is 18.4. The summed E-state index contributed by atoms with van der Waals surface area (Å²) in [5.74, 6) is 0. The Morgan fingerprint density at radius 3 is 2.56 bits per heavy atom. The number of aromatic nitrogens is 3. The van der Waals surface area contributed by atoms with E-state index in [0.717, 1.165) is 33.1 Å². The van der Waals surface area contributed by atoms with Gasteiger partial charge in [0.15, 0.2) is 5.69 Å². The minimum absolute atomic E-state index is 0.209. The minimum atomic E-state index is -0.209. The molecular formula is C21H12N4OS. The molecule has 5 aromatic rings. The second kappa shape index (κ2) is 5.94. The molecule has 0 saturated heterocycles. The number of H-pyrrole nitrogens is 2. The molecule has 0 unspecified atom stereocenters. The molecule has 2 N–H and O–H groups in total. The lowest BCUT2D eigenvalue weighted by molar-refractivity contribution is 1.21. The highest BCUT2D eigenvalue weighted by molar-refractivity contribution is 7.09. The Hall–Kier alpha value is -3.69. The zero-order valence-electron chi connectivity index (χ0n) is 14.0. The molecule has 27 heavy (non-hydrogen) atoms. The van der Waals surface area contributed by atoms with Crippen LogP contribution in [0.25, 0.3) is 44.5 Å². The van der Waals surface area contributed by atoms with Gasteiger partial charge >= 0.3 is 0 Å². The van der Waals surface area contributed by atoms with Crippen molar-refractivity contribution in [3.8, 4) is 28.6 Å². The number of benzene rings is 2. The summed E-state index contributed by atoms with van der Waals surface area (Å²) in [4.78, 5) is 23.1. The number of hydrogen-bond donors (Lipinski definition) is 2. The van der Waals surface area contributed by atoms with E-state index in [2.05, 4.69) is 27.1 Å². The highest BCUT2D eigenvalue weighted by Gasteiger charge is 2.11. The monoisotopic (exact) mass is 368 g/mol. The molecule has 5 rings (SSSR count). The molecular weight excluding hydrogens is 356 g/mol. The highest BCUT2D eigenvalue weighted by Crippen LogP contribution is 2.28. The van der Waals surface area contributed by atoms with Gasteiger partial charge in [-0.1, -0.05) is 18.2 Å². The lowest BCUT2D eigenvalue weighted by atomic mass is 10.0. The lowest BCUT2D eigenvalue weighted by Crippen LogP contribution is -2.10. The predicted octanol–water partition coefficient (Wildman–Crippen LogP) is 4.67. The fourth-order valence-corrected chi connectivity index (χ4v) is 3.88. The Balaban J connectivity index is 1.61. The quantitative estimate of drug-likeness (QED) is 0.475.